The van der Waals surface area contributed by atoms with Crippen molar-refractivity contribution in [1.82, 2.24) is 0 Å². The first-order valence-corrected chi connectivity index (χ1v) is 14.8. The minimum absolute atomic E-state index is 0.0403. The Labute approximate surface area is 230 Å². The molecule has 8 nitrogen and oxygen atoms in total. The number of nitrogens with zero attached hydrogens (tertiary/aromatic N) is 1. The van der Waals surface area contributed by atoms with Crippen LogP contribution in [-0.4, -0.2) is 29.3 Å². The highest BCUT2D eigenvalue weighted by Gasteiger charge is 2.27. The van der Waals surface area contributed by atoms with Crippen LogP contribution >= 0.6 is 23.2 Å². The molecule has 0 bridgehead atoms. The normalized spacial score (nSPS) is 11.5. The summed E-state index contributed by atoms with van der Waals surface area (Å²) < 4.78 is 55.6. The molecule has 0 saturated heterocycles. The minimum atomic E-state index is -4.04. The number of amides is 1. The smallest absolute Gasteiger partial charge is 0.264 e. The number of carbonyl (C=O) groups is 1. The second-order valence-electron chi connectivity index (χ2n) is 7.94. The molecule has 4 aromatic rings. The third kappa shape index (κ3) is 6.28. The van der Waals surface area contributed by atoms with E-state index >= 15 is 0 Å². The van der Waals surface area contributed by atoms with Crippen LogP contribution in [0.4, 0.5) is 17.1 Å². The van der Waals surface area contributed by atoms with Crippen LogP contribution in [-0.2, 0) is 24.8 Å². The molecule has 0 heterocycles. The van der Waals surface area contributed by atoms with E-state index < -0.39 is 32.5 Å². The summed E-state index contributed by atoms with van der Waals surface area (Å²) in [6.45, 7) is -0.504. The van der Waals surface area contributed by atoms with E-state index in [1.54, 1.807) is 54.6 Å². The zero-order valence-electron chi connectivity index (χ0n) is 19.6. The summed E-state index contributed by atoms with van der Waals surface area (Å²) in [5.41, 5.74) is 0.718. The van der Waals surface area contributed by atoms with Gasteiger partial charge in [-0.2, -0.15) is 0 Å². The predicted molar refractivity (Wildman–Crippen MR) is 150 cm³/mol. The Morgan fingerprint density at radius 1 is 0.711 bits per heavy atom. The fraction of sp³-hybridized carbons (Fsp3) is 0.0385. The van der Waals surface area contributed by atoms with E-state index in [2.05, 4.69) is 10.0 Å². The maximum Gasteiger partial charge on any atom is 0.264 e. The molecule has 0 aliphatic heterocycles. The summed E-state index contributed by atoms with van der Waals surface area (Å²) in [5, 5.41) is 2.87. The van der Waals surface area contributed by atoms with Crippen molar-refractivity contribution in [2.75, 3.05) is 20.9 Å². The van der Waals surface area contributed by atoms with Gasteiger partial charge in [0, 0.05) is 5.69 Å². The van der Waals surface area contributed by atoms with Gasteiger partial charge in [0.2, 0.25) is 5.91 Å². The molecule has 4 aromatic carbocycles. The quantitative estimate of drug-likeness (QED) is 0.263. The molecule has 0 aliphatic rings. The highest BCUT2D eigenvalue weighted by atomic mass is 35.5. The Morgan fingerprint density at radius 3 is 1.95 bits per heavy atom. The second-order valence-corrected chi connectivity index (χ2v) is 12.3. The molecule has 0 radical (unpaired) electrons. The lowest BCUT2D eigenvalue weighted by Gasteiger charge is -2.24. The molecule has 12 heteroatoms. The van der Waals surface area contributed by atoms with Gasteiger partial charge in [-0.1, -0.05) is 65.7 Å². The van der Waals surface area contributed by atoms with Crippen molar-refractivity contribution in [3.63, 3.8) is 0 Å². The Kier molecular flexibility index (Phi) is 8.27. The molecule has 0 unspecified atom stereocenters. The molecule has 196 valence electrons. The van der Waals surface area contributed by atoms with Crippen LogP contribution in [0, 0.1) is 0 Å². The fourth-order valence-corrected chi connectivity index (χ4v) is 6.38. The van der Waals surface area contributed by atoms with Gasteiger partial charge < -0.3 is 5.32 Å². The average molecular weight is 591 g/mol. The molecular formula is C26H21Cl2N3O5S2. The minimum Gasteiger partial charge on any atom is -0.325 e. The average Bonchev–Trinajstić information content (AvgIpc) is 2.91. The van der Waals surface area contributed by atoms with E-state index in [4.69, 9.17) is 23.2 Å². The van der Waals surface area contributed by atoms with Crippen LogP contribution in [0.1, 0.15) is 0 Å². The van der Waals surface area contributed by atoms with E-state index in [0.717, 1.165) is 4.31 Å². The van der Waals surface area contributed by atoms with E-state index in [9.17, 15) is 21.6 Å². The van der Waals surface area contributed by atoms with Gasteiger partial charge in [0.15, 0.2) is 0 Å². The van der Waals surface area contributed by atoms with Crippen molar-refractivity contribution in [3.8, 4) is 0 Å². The molecule has 0 atom stereocenters. The van der Waals surface area contributed by atoms with E-state index in [1.807, 2.05) is 0 Å². The van der Waals surface area contributed by atoms with Gasteiger partial charge in [-0.3, -0.25) is 13.8 Å². The van der Waals surface area contributed by atoms with Gasteiger partial charge >= 0.3 is 0 Å². The molecule has 4 rings (SSSR count). The molecular weight excluding hydrogens is 569 g/mol. The number of sulfonamides is 2. The standard InChI is InChI=1S/C26H21Cl2N3O5S2/c27-23-12-7-13-24(26(23)28)30-37(33,34)21-16-14-19(15-17-21)29-25(32)18-31(20-8-3-1-4-9-20)38(35,36)22-10-5-2-6-11-22/h1-17,30H,18H2,(H,29,32). The molecule has 0 aliphatic carbocycles. The molecule has 0 aromatic heterocycles. The number of benzene rings is 4. The number of carbonyl (C=O) groups excluding carboxylic acids is 1. The molecule has 1 amide bonds. The van der Waals surface area contributed by atoms with Crippen molar-refractivity contribution in [1.29, 1.82) is 0 Å². The summed E-state index contributed by atoms with van der Waals surface area (Å²) >= 11 is 12.0. The fourth-order valence-electron chi connectivity index (χ4n) is 3.46. The highest BCUT2D eigenvalue weighted by Crippen LogP contribution is 2.31. The van der Waals surface area contributed by atoms with E-state index in [0.29, 0.717) is 5.69 Å². The second kappa shape index (κ2) is 11.4. The number of halogens is 2. The molecule has 2 N–H and O–H groups in total. The van der Waals surface area contributed by atoms with Crippen molar-refractivity contribution in [3.05, 3.63) is 113 Å². The maximum atomic E-state index is 13.3. The van der Waals surface area contributed by atoms with Crippen LogP contribution in [0.5, 0.6) is 0 Å². The van der Waals surface area contributed by atoms with Gasteiger partial charge in [-0.15, -0.1) is 0 Å². The molecule has 0 saturated carbocycles. The van der Waals surface area contributed by atoms with Crippen LogP contribution in [0.3, 0.4) is 0 Å². The van der Waals surface area contributed by atoms with E-state index in [-0.39, 0.29) is 31.2 Å². The highest BCUT2D eigenvalue weighted by molar-refractivity contribution is 7.93. The van der Waals surface area contributed by atoms with Gasteiger partial charge in [0.25, 0.3) is 20.0 Å². The Balaban J connectivity index is 1.51. The van der Waals surface area contributed by atoms with Crippen LogP contribution in [0.15, 0.2) is 113 Å². The van der Waals surface area contributed by atoms with Gasteiger partial charge in [-0.25, -0.2) is 16.8 Å². The summed E-state index contributed by atoms with van der Waals surface area (Å²) in [4.78, 5) is 12.9. The van der Waals surface area contributed by atoms with Crippen LogP contribution < -0.4 is 14.3 Å². The topological polar surface area (TPSA) is 113 Å². The summed E-state index contributed by atoms with van der Waals surface area (Å²) in [6, 6.07) is 26.0. The number of anilines is 3. The number of hydrogen-bond acceptors (Lipinski definition) is 5. The van der Waals surface area contributed by atoms with Crippen molar-refractivity contribution < 1.29 is 21.6 Å². The Bertz CT molecular complexity index is 1650. The van der Waals surface area contributed by atoms with Gasteiger partial charge in [-0.05, 0) is 60.7 Å². The summed E-state index contributed by atoms with van der Waals surface area (Å²) in [5.74, 6) is -0.618. The lowest BCUT2D eigenvalue weighted by Crippen LogP contribution is -2.38. The van der Waals surface area contributed by atoms with Crippen molar-refractivity contribution in [2.24, 2.45) is 0 Å². The zero-order valence-corrected chi connectivity index (χ0v) is 22.7. The number of nitrogens with one attached hydrogen (secondary N) is 2. The first kappa shape index (κ1) is 27.5. The largest absolute Gasteiger partial charge is 0.325 e. The van der Waals surface area contributed by atoms with Crippen LogP contribution in [0.2, 0.25) is 10.0 Å². The Morgan fingerprint density at radius 2 is 1.32 bits per heavy atom. The third-order valence-electron chi connectivity index (χ3n) is 5.31. The first-order valence-electron chi connectivity index (χ1n) is 11.1. The lowest BCUT2D eigenvalue weighted by atomic mass is 10.3. The van der Waals surface area contributed by atoms with Gasteiger partial charge in [0.05, 0.1) is 31.2 Å². The monoisotopic (exact) mass is 589 g/mol. The summed E-state index contributed by atoms with van der Waals surface area (Å²) in [7, 11) is -8.04. The maximum absolute atomic E-state index is 13.3. The first-order chi connectivity index (χ1) is 18.1. The molecule has 0 fully saturated rings. The third-order valence-corrected chi connectivity index (χ3v) is 9.30. The van der Waals surface area contributed by atoms with Crippen molar-refractivity contribution >= 4 is 66.2 Å². The number of para-hydroxylation sites is 1. The molecule has 38 heavy (non-hydrogen) atoms. The molecule has 0 spiro atoms. The van der Waals surface area contributed by atoms with Crippen LogP contribution in [0.25, 0.3) is 0 Å². The number of hydrogen-bond donors (Lipinski definition) is 2. The number of rotatable bonds is 9. The zero-order chi connectivity index (χ0) is 27.3. The van der Waals surface area contributed by atoms with Gasteiger partial charge in [0.1, 0.15) is 6.54 Å². The lowest BCUT2D eigenvalue weighted by molar-refractivity contribution is -0.114. The van der Waals surface area contributed by atoms with Crippen molar-refractivity contribution in [2.45, 2.75) is 9.79 Å². The predicted octanol–water partition coefficient (Wildman–Crippen LogP) is 5.63. The SMILES string of the molecule is O=C(CN(c1ccccc1)S(=O)(=O)c1ccccc1)Nc1ccc(S(=O)(=O)Nc2cccc(Cl)c2Cl)cc1. The van der Waals surface area contributed by atoms with E-state index in [1.165, 1.54) is 48.5 Å². The summed E-state index contributed by atoms with van der Waals surface area (Å²) in [6.07, 6.45) is 0. The Hall–Kier alpha value is -3.57.